The summed E-state index contributed by atoms with van der Waals surface area (Å²) in [4.78, 5) is 0. The highest BCUT2D eigenvalue weighted by Gasteiger charge is 2.18. The van der Waals surface area contributed by atoms with Crippen molar-refractivity contribution < 1.29 is 10.0 Å². The molecule has 1 aromatic rings. The minimum atomic E-state index is -1.45. The van der Waals surface area contributed by atoms with Gasteiger partial charge in [0.2, 0.25) is 0 Å². The quantitative estimate of drug-likeness (QED) is 0.764. The van der Waals surface area contributed by atoms with Crippen LogP contribution in [0.15, 0.2) is 21.1 Å². The average Bonchev–Trinajstić information content (AvgIpc) is 1.82. The smallest absolute Gasteiger partial charge is 0.423 e. The summed E-state index contributed by atoms with van der Waals surface area (Å²) < 4.78 is 1.40. The van der Waals surface area contributed by atoms with Crippen molar-refractivity contribution in [1.29, 1.82) is 0 Å². The van der Waals surface area contributed by atoms with Crippen LogP contribution in [-0.2, 0) is 0 Å². The van der Waals surface area contributed by atoms with E-state index in [0.717, 1.165) is 5.56 Å². The molecule has 0 saturated heterocycles. The molecule has 0 unspecified atom stereocenters. The van der Waals surface area contributed by atoms with Crippen LogP contribution in [-0.4, -0.2) is 17.2 Å². The fourth-order valence-corrected chi connectivity index (χ4v) is 2.78. The number of aryl methyl sites for hydroxylation is 1. The zero-order valence-electron chi connectivity index (χ0n) is 6.38. The fraction of sp³-hybridized carbons (Fsp3) is 0.143. The highest BCUT2D eigenvalue weighted by atomic mass is 79.9. The Balaban J connectivity index is 3.28. The van der Waals surface area contributed by atoms with Crippen molar-refractivity contribution in [3.63, 3.8) is 0 Å². The molecule has 0 aliphatic rings. The van der Waals surface area contributed by atoms with Crippen LogP contribution in [0.4, 0.5) is 0 Å². The van der Waals surface area contributed by atoms with E-state index in [9.17, 15) is 0 Å². The van der Waals surface area contributed by atoms with Gasteiger partial charge < -0.3 is 10.0 Å². The predicted octanol–water partition coefficient (Wildman–Crippen LogP) is 1.20. The van der Waals surface area contributed by atoms with E-state index in [-0.39, 0.29) is 0 Å². The maximum absolute atomic E-state index is 8.97. The lowest BCUT2D eigenvalue weighted by Gasteiger charge is -2.06. The molecule has 0 aromatic heterocycles. The van der Waals surface area contributed by atoms with E-state index >= 15 is 0 Å². The summed E-state index contributed by atoms with van der Waals surface area (Å²) in [6.07, 6.45) is 0. The van der Waals surface area contributed by atoms with Gasteiger partial charge in [0, 0.05) is 14.4 Å². The second-order valence-electron chi connectivity index (χ2n) is 2.52. The average molecular weight is 294 g/mol. The number of benzene rings is 1. The molecule has 0 radical (unpaired) electrons. The Morgan fingerprint density at radius 2 is 1.58 bits per heavy atom. The second-order valence-corrected chi connectivity index (χ2v) is 4.22. The number of hydrogen-bond acceptors (Lipinski definition) is 2. The van der Waals surface area contributed by atoms with Crippen LogP contribution in [0.1, 0.15) is 5.56 Å². The van der Waals surface area contributed by atoms with Gasteiger partial charge in [0.15, 0.2) is 0 Å². The summed E-state index contributed by atoms with van der Waals surface area (Å²) in [6.45, 7) is 1.93. The number of hydrogen-bond donors (Lipinski definition) is 2. The third-order valence-electron chi connectivity index (χ3n) is 1.48. The SMILES string of the molecule is Cc1cc(Br)c(B(O)O)c(Br)c1. The maximum Gasteiger partial charge on any atom is 0.490 e. The molecule has 1 rings (SSSR count). The fourth-order valence-electron chi connectivity index (χ4n) is 0.958. The zero-order valence-corrected chi connectivity index (χ0v) is 9.55. The third kappa shape index (κ3) is 2.10. The van der Waals surface area contributed by atoms with Crippen molar-refractivity contribution >= 4 is 44.4 Å². The molecule has 64 valence electrons. The van der Waals surface area contributed by atoms with Gasteiger partial charge in [-0.3, -0.25) is 0 Å². The molecule has 5 heteroatoms. The lowest BCUT2D eigenvalue weighted by Crippen LogP contribution is -2.32. The van der Waals surface area contributed by atoms with Gasteiger partial charge in [-0.15, -0.1) is 0 Å². The highest BCUT2D eigenvalue weighted by Crippen LogP contribution is 2.17. The van der Waals surface area contributed by atoms with Gasteiger partial charge in [-0.05, 0) is 24.6 Å². The van der Waals surface area contributed by atoms with Crippen LogP contribution in [0.25, 0.3) is 0 Å². The topological polar surface area (TPSA) is 40.5 Å². The van der Waals surface area contributed by atoms with Crippen LogP contribution in [0.2, 0.25) is 0 Å². The first-order valence-electron chi connectivity index (χ1n) is 3.34. The van der Waals surface area contributed by atoms with Gasteiger partial charge >= 0.3 is 7.12 Å². The second kappa shape index (κ2) is 3.92. The van der Waals surface area contributed by atoms with Crippen molar-refractivity contribution in [3.8, 4) is 0 Å². The first kappa shape index (κ1) is 10.2. The molecule has 0 fully saturated rings. The highest BCUT2D eigenvalue weighted by molar-refractivity contribution is 9.11. The van der Waals surface area contributed by atoms with Crippen LogP contribution < -0.4 is 5.46 Å². The molecule has 0 aliphatic carbocycles. The van der Waals surface area contributed by atoms with E-state index in [0.29, 0.717) is 14.4 Å². The summed E-state index contributed by atoms with van der Waals surface area (Å²) in [5.74, 6) is 0. The van der Waals surface area contributed by atoms with Gasteiger partial charge in [-0.25, -0.2) is 0 Å². The molecule has 0 amide bonds. The summed E-state index contributed by atoms with van der Waals surface area (Å²) in [5.41, 5.74) is 1.51. The van der Waals surface area contributed by atoms with Gasteiger partial charge in [-0.1, -0.05) is 31.9 Å². The van der Waals surface area contributed by atoms with Crippen LogP contribution in [0, 0.1) is 6.92 Å². The molecule has 0 bridgehead atoms. The van der Waals surface area contributed by atoms with Crippen molar-refractivity contribution in [2.75, 3.05) is 0 Å². The van der Waals surface area contributed by atoms with Crippen molar-refractivity contribution in [1.82, 2.24) is 0 Å². The predicted molar refractivity (Wildman–Crippen MR) is 56.4 cm³/mol. The molecule has 0 saturated carbocycles. The largest absolute Gasteiger partial charge is 0.490 e. The van der Waals surface area contributed by atoms with Gasteiger partial charge in [0.1, 0.15) is 0 Å². The lowest BCUT2D eigenvalue weighted by molar-refractivity contribution is 0.425. The molecule has 0 heterocycles. The van der Waals surface area contributed by atoms with Crippen LogP contribution >= 0.6 is 31.9 Å². The normalized spacial score (nSPS) is 10.1. The standard InChI is InChI=1S/C7H7BBr2O2/c1-4-2-5(9)7(8(11)12)6(10)3-4/h2-3,11-12H,1H3. The minimum absolute atomic E-state index is 0.459. The Morgan fingerprint density at radius 3 is 1.92 bits per heavy atom. The Kier molecular flexibility index (Phi) is 3.34. The Morgan fingerprint density at radius 1 is 1.17 bits per heavy atom. The summed E-state index contributed by atoms with van der Waals surface area (Å²) in [7, 11) is -1.45. The third-order valence-corrected chi connectivity index (χ3v) is 2.79. The molecule has 2 N–H and O–H groups in total. The molecule has 0 atom stereocenters. The molecule has 0 aliphatic heterocycles. The minimum Gasteiger partial charge on any atom is -0.423 e. The summed E-state index contributed by atoms with van der Waals surface area (Å²) in [5, 5.41) is 17.9. The van der Waals surface area contributed by atoms with E-state index < -0.39 is 7.12 Å². The molecule has 1 aromatic carbocycles. The number of halogens is 2. The van der Waals surface area contributed by atoms with E-state index in [1.54, 1.807) is 0 Å². The molecule has 12 heavy (non-hydrogen) atoms. The van der Waals surface area contributed by atoms with Crippen molar-refractivity contribution in [3.05, 3.63) is 26.6 Å². The van der Waals surface area contributed by atoms with Crippen molar-refractivity contribution in [2.24, 2.45) is 0 Å². The number of rotatable bonds is 1. The van der Waals surface area contributed by atoms with E-state index in [2.05, 4.69) is 31.9 Å². The van der Waals surface area contributed by atoms with Crippen LogP contribution in [0.5, 0.6) is 0 Å². The van der Waals surface area contributed by atoms with Gasteiger partial charge in [0.25, 0.3) is 0 Å². The molecular weight excluding hydrogens is 287 g/mol. The van der Waals surface area contributed by atoms with Crippen molar-refractivity contribution in [2.45, 2.75) is 6.92 Å². The van der Waals surface area contributed by atoms with Crippen LogP contribution in [0.3, 0.4) is 0 Å². The Hall–Kier alpha value is 0.165. The lowest BCUT2D eigenvalue weighted by atomic mass is 9.80. The van der Waals surface area contributed by atoms with Gasteiger partial charge in [0.05, 0.1) is 0 Å². The van der Waals surface area contributed by atoms with E-state index in [1.807, 2.05) is 19.1 Å². The monoisotopic (exact) mass is 292 g/mol. The molecular formula is C7H7BBr2O2. The molecule has 0 spiro atoms. The Bertz CT molecular complexity index is 278. The summed E-state index contributed by atoms with van der Waals surface area (Å²) >= 11 is 6.50. The molecule has 2 nitrogen and oxygen atoms in total. The Labute approximate surface area is 88.0 Å². The van der Waals surface area contributed by atoms with E-state index in [1.165, 1.54) is 0 Å². The maximum atomic E-state index is 8.97. The summed E-state index contributed by atoms with van der Waals surface area (Å²) in [6, 6.07) is 3.67. The zero-order chi connectivity index (χ0) is 9.30. The first-order valence-corrected chi connectivity index (χ1v) is 4.92. The van der Waals surface area contributed by atoms with Gasteiger partial charge in [-0.2, -0.15) is 0 Å². The first-order chi connectivity index (χ1) is 5.52. The van der Waals surface area contributed by atoms with E-state index in [4.69, 9.17) is 10.0 Å².